The lowest BCUT2D eigenvalue weighted by Crippen LogP contribution is -2.12. The average Bonchev–Trinajstić information content (AvgIpc) is 3.07. The molecule has 2 unspecified atom stereocenters. The summed E-state index contributed by atoms with van der Waals surface area (Å²) in [7, 11) is 0. The lowest BCUT2D eigenvalue weighted by atomic mass is 9.87. The van der Waals surface area contributed by atoms with Crippen molar-refractivity contribution in [2.45, 2.75) is 26.2 Å². The number of allylic oxidation sites excluding steroid dienone is 1. The average molecular weight is 264 g/mol. The van der Waals surface area contributed by atoms with Crippen LogP contribution in [0.4, 0.5) is 0 Å². The Hall–Kier alpha value is -1.67. The molecule has 0 radical (unpaired) electrons. The van der Waals surface area contributed by atoms with Gasteiger partial charge in [0, 0.05) is 17.6 Å². The lowest BCUT2D eigenvalue weighted by Gasteiger charge is -2.19. The van der Waals surface area contributed by atoms with Gasteiger partial charge in [-0.1, -0.05) is 12.1 Å². The van der Waals surface area contributed by atoms with Crippen molar-refractivity contribution < 1.29 is 0 Å². The number of nitrogens with two attached hydrogens (primary N) is 1. The molecule has 102 valence electrons. The second-order valence-electron chi connectivity index (χ2n) is 6.21. The Balaban J connectivity index is 1.86. The first-order valence-electron chi connectivity index (χ1n) is 7.57. The lowest BCUT2D eigenvalue weighted by molar-refractivity contribution is 0.646. The molecule has 2 aliphatic carbocycles. The van der Waals surface area contributed by atoms with Crippen LogP contribution in [-0.2, 0) is 0 Å². The van der Waals surface area contributed by atoms with Gasteiger partial charge in [-0.2, -0.15) is 0 Å². The first-order valence-corrected chi connectivity index (χ1v) is 7.57. The minimum absolute atomic E-state index is 0.723. The van der Waals surface area contributed by atoms with Crippen molar-refractivity contribution in [2.24, 2.45) is 17.6 Å². The van der Waals surface area contributed by atoms with E-state index in [-0.39, 0.29) is 0 Å². The molecule has 2 bridgehead atoms. The molecule has 1 heterocycles. The summed E-state index contributed by atoms with van der Waals surface area (Å²) in [5.74, 6) is 1.50. The minimum Gasteiger partial charge on any atom is -0.327 e. The molecule has 2 atom stereocenters. The van der Waals surface area contributed by atoms with Gasteiger partial charge in [-0.25, -0.2) is 0 Å². The van der Waals surface area contributed by atoms with E-state index in [1.807, 2.05) is 6.92 Å². The van der Waals surface area contributed by atoms with Crippen molar-refractivity contribution in [2.75, 3.05) is 6.54 Å². The molecule has 1 aromatic carbocycles. The van der Waals surface area contributed by atoms with Gasteiger partial charge in [0.1, 0.15) is 0 Å². The summed E-state index contributed by atoms with van der Waals surface area (Å²) in [5, 5.41) is 1.24. The number of pyridine rings is 1. The minimum atomic E-state index is 0.723. The van der Waals surface area contributed by atoms with Crippen LogP contribution in [-0.4, -0.2) is 11.5 Å². The van der Waals surface area contributed by atoms with Crippen molar-refractivity contribution in [3.63, 3.8) is 0 Å². The van der Waals surface area contributed by atoms with E-state index in [4.69, 9.17) is 5.73 Å². The van der Waals surface area contributed by atoms with Gasteiger partial charge in [0.05, 0.1) is 5.52 Å². The van der Waals surface area contributed by atoms with Gasteiger partial charge in [0.2, 0.25) is 0 Å². The number of hydrogen-bond acceptors (Lipinski definition) is 2. The summed E-state index contributed by atoms with van der Waals surface area (Å²) in [6, 6.07) is 11.0. The van der Waals surface area contributed by atoms with Gasteiger partial charge in [-0.15, -0.1) is 0 Å². The van der Waals surface area contributed by atoms with Crippen molar-refractivity contribution in [3.8, 4) is 0 Å². The van der Waals surface area contributed by atoms with E-state index < -0.39 is 0 Å². The largest absolute Gasteiger partial charge is 0.327 e. The topological polar surface area (TPSA) is 38.9 Å². The summed E-state index contributed by atoms with van der Waals surface area (Å²) >= 11 is 0. The summed E-state index contributed by atoms with van der Waals surface area (Å²) in [5.41, 5.74) is 12.6. The van der Waals surface area contributed by atoms with E-state index in [0.717, 1.165) is 29.6 Å². The van der Waals surface area contributed by atoms with Crippen LogP contribution in [0.15, 0.2) is 35.9 Å². The fraction of sp³-hybridized carbons (Fsp3) is 0.389. The van der Waals surface area contributed by atoms with Gasteiger partial charge >= 0.3 is 0 Å². The molecule has 0 aliphatic heterocycles. The van der Waals surface area contributed by atoms with E-state index in [2.05, 4.69) is 35.3 Å². The van der Waals surface area contributed by atoms with Crippen LogP contribution < -0.4 is 5.73 Å². The Morgan fingerprint density at radius 3 is 2.85 bits per heavy atom. The molecule has 4 rings (SSSR count). The maximum Gasteiger partial charge on any atom is 0.0705 e. The molecule has 0 saturated heterocycles. The molecule has 20 heavy (non-hydrogen) atoms. The van der Waals surface area contributed by atoms with E-state index >= 15 is 0 Å². The van der Waals surface area contributed by atoms with Crippen LogP contribution in [0.3, 0.4) is 0 Å². The van der Waals surface area contributed by atoms with Crippen LogP contribution >= 0.6 is 0 Å². The van der Waals surface area contributed by atoms with Crippen LogP contribution in [0.25, 0.3) is 16.5 Å². The zero-order valence-corrected chi connectivity index (χ0v) is 11.9. The van der Waals surface area contributed by atoms with E-state index in [1.165, 1.54) is 35.8 Å². The zero-order chi connectivity index (χ0) is 13.7. The van der Waals surface area contributed by atoms with Gasteiger partial charge in [-0.3, -0.25) is 4.98 Å². The molecule has 0 amide bonds. The normalized spacial score (nSPS) is 24.9. The SMILES string of the molecule is Cc1ccc2cc(C3=C(CN)C4CCC3C4)ccc2n1. The van der Waals surface area contributed by atoms with Crippen molar-refractivity contribution in [1.82, 2.24) is 4.98 Å². The van der Waals surface area contributed by atoms with E-state index in [9.17, 15) is 0 Å². The maximum absolute atomic E-state index is 6.01. The first kappa shape index (κ1) is 12.1. The highest BCUT2D eigenvalue weighted by atomic mass is 14.7. The van der Waals surface area contributed by atoms with Gasteiger partial charge in [0.15, 0.2) is 0 Å². The fourth-order valence-electron chi connectivity index (χ4n) is 4.14. The molecule has 2 aromatic rings. The number of hydrogen-bond donors (Lipinski definition) is 1. The van der Waals surface area contributed by atoms with Gasteiger partial charge in [0.25, 0.3) is 0 Å². The van der Waals surface area contributed by atoms with Crippen molar-refractivity contribution >= 4 is 16.5 Å². The van der Waals surface area contributed by atoms with Crippen LogP contribution in [0.5, 0.6) is 0 Å². The van der Waals surface area contributed by atoms with E-state index in [1.54, 1.807) is 5.57 Å². The van der Waals surface area contributed by atoms with E-state index in [0.29, 0.717) is 0 Å². The summed E-state index contributed by atoms with van der Waals surface area (Å²) in [4.78, 5) is 4.59. The number of aromatic nitrogens is 1. The molecule has 2 nitrogen and oxygen atoms in total. The molecule has 2 heteroatoms. The predicted octanol–water partition coefficient (Wildman–Crippen LogP) is 3.69. The zero-order valence-electron chi connectivity index (χ0n) is 11.9. The Morgan fingerprint density at radius 1 is 1.15 bits per heavy atom. The Bertz CT molecular complexity index is 714. The number of nitrogens with zero attached hydrogens (tertiary/aromatic N) is 1. The number of aryl methyl sites for hydroxylation is 1. The molecular weight excluding hydrogens is 244 g/mol. The summed E-state index contributed by atoms with van der Waals surface area (Å²) < 4.78 is 0. The third-order valence-corrected chi connectivity index (χ3v) is 5.04. The Labute approximate surface area is 119 Å². The number of rotatable bonds is 2. The first-order chi connectivity index (χ1) is 9.76. The standard InChI is InChI=1S/C18H20N2/c1-11-2-3-13-9-15(6-7-17(13)20-11)18-14-5-4-12(8-14)16(18)10-19/h2-3,6-7,9,12,14H,4-5,8,10,19H2,1H3. The highest BCUT2D eigenvalue weighted by Gasteiger charge is 2.38. The fourth-order valence-corrected chi connectivity index (χ4v) is 4.14. The Kier molecular flexibility index (Phi) is 2.67. The van der Waals surface area contributed by atoms with Crippen LogP contribution in [0.2, 0.25) is 0 Å². The quantitative estimate of drug-likeness (QED) is 0.898. The van der Waals surface area contributed by atoms with Gasteiger partial charge < -0.3 is 5.73 Å². The molecular formula is C18H20N2. The van der Waals surface area contributed by atoms with Crippen LogP contribution in [0.1, 0.15) is 30.5 Å². The summed E-state index contributed by atoms with van der Waals surface area (Å²) in [6.45, 7) is 2.76. The van der Waals surface area contributed by atoms with Crippen molar-refractivity contribution in [1.29, 1.82) is 0 Å². The molecule has 0 spiro atoms. The molecule has 1 saturated carbocycles. The molecule has 2 aliphatic rings. The maximum atomic E-state index is 6.01. The number of benzene rings is 1. The predicted molar refractivity (Wildman–Crippen MR) is 83.3 cm³/mol. The third-order valence-electron chi connectivity index (χ3n) is 5.04. The second kappa shape index (κ2) is 4.42. The third kappa shape index (κ3) is 1.71. The number of fused-ring (bicyclic) bond motifs is 3. The second-order valence-corrected chi connectivity index (χ2v) is 6.21. The molecule has 1 fully saturated rings. The monoisotopic (exact) mass is 264 g/mol. The van der Waals surface area contributed by atoms with Crippen molar-refractivity contribution in [3.05, 3.63) is 47.2 Å². The van der Waals surface area contributed by atoms with Crippen LogP contribution in [0, 0.1) is 18.8 Å². The highest BCUT2D eigenvalue weighted by molar-refractivity contribution is 5.85. The molecule has 1 aromatic heterocycles. The highest BCUT2D eigenvalue weighted by Crippen LogP contribution is 2.52. The van der Waals surface area contributed by atoms with Gasteiger partial charge in [-0.05, 0) is 72.9 Å². The smallest absolute Gasteiger partial charge is 0.0705 e. The molecule has 2 N–H and O–H groups in total. The summed E-state index contributed by atoms with van der Waals surface area (Å²) in [6.07, 6.45) is 4.01. The Morgan fingerprint density at radius 2 is 2.00 bits per heavy atom.